The van der Waals surface area contributed by atoms with Gasteiger partial charge in [0.15, 0.2) is 0 Å². The van der Waals surface area contributed by atoms with Gasteiger partial charge in [-0.25, -0.2) is 4.98 Å². The van der Waals surface area contributed by atoms with Gasteiger partial charge in [0.1, 0.15) is 17.4 Å². The van der Waals surface area contributed by atoms with Crippen LogP contribution in [0.4, 0.5) is 0 Å². The van der Waals surface area contributed by atoms with Crippen LogP contribution in [0.3, 0.4) is 0 Å². The SMILES string of the molecule is COC(C)c1nc2cnc3ccccc3c2n1CC(C)C. The topological polar surface area (TPSA) is 39.9 Å². The van der Waals surface area contributed by atoms with Crippen LogP contribution in [-0.2, 0) is 11.3 Å². The lowest BCUT2D eigenvalue weighted by molar-refractivity contribution is 0.108. The zero-order valence-corrected chi connectivity index (χ0v) is 13.0. The number of aromatic nitrogens is 3. The number of methoxy groups -OCH3 is 1. The highest BCUT2D eigenvalue weighted by molar-refractivity contribution is 6.02. The number of fused-ring (bicyclic) bond motifs is 3. The molecule has 1 atom stereocenters. The highest BCUT2D eigenvalue weighted by Gasteiger charge is 2.19. The Morgan fingerprint density at radius 3 is 2.62 bits per heavy atom. The lowest BCUT2D eigenvalue weighted by Crippen LogP contribution is -2.12. The molecule has 110 valence electrons. The van der Waals surface area contributed by atoms with E-state index in [1.54, 1.807) is 7.11 Å². The van der Waals surface area contributed by atoms with E-state index in [2.05, 4.69) is 35.5 Å². The predicted molar refractivity (Wildman–Crippen MR) is 85.3 cm³/mol. The second-order valence-electron chi connectivity index (χ2n) is 5.86. The Morgan fingerprint density at radius 1 is 1.14 bits per heavy atom. The Balaban J connectivity index is 2.36. The first-order chi connectivity index (χ1) is 10.1. The molecule has 2 heterocycles. The Kier molecular flexibility index (Phi) is 3.64. The number of pyridine rings is 1. The minimum atomic E-state index is -0.0325. The van der Waals surface area contributed by atoms with Crippen LogP contribution in [0.25, 0.3) is 21.9 Å². The van der Waals surface area contributed by atoms with Crippen LogP contribution in [0.1, 0.15) is 32.7 Å². The van der Waals surface area contributed by atoms with Crippen LogP contribution in [0.5, 0.6) is 0 Å². The summed E-state index contributed by atoms with van der Waals surface area (Å²) in [7, 11) is 1.72. The molecule has 0 fully saturated rings. The summed E-state index contributed by atoms with van der Waals surface area (Å²) in [5, 5.41) is 1.15. The minimum absolute atomic E-state index is 0.0325. The standard InChI is InChI=1S/C17H21N3O/c1-11(2)10-20-16-13-7-5-6-8-14(13)18-9-15(16)19-17(20)12(3)21-4/h5-9,11-12H,10H2,1-4H3. The van der Waals surface area contributed by atoms with Crippen LogP contribution in [0.2, 0.25) is 0 Å². The minimum Gasteiger partial charge on any atom is -0.374 e. The third kappa shape index (κ3) is 2.40. The highest BCUT2D eigenvalue weighted by Crippen LogP contribution is 2.28. The highest BCUT2D eigenvalue weighted by atomic mass is 16.5. The third-order valence-electron chi connectivity index (χ3n) is 3.77. The molecule has 0 aliphatic heterocycles. The molecule has 1 aromatic carbocycles. The number of hydrogen-bond donors (Lipinski definition) is 0. The first-order valence-electron chi connectivity index (χ1n) is 7.38. The fourth-order valence-electron chi connectivity index (χ4n) is 2.75. The van der Waals surface area contributed by atoms with Gasteiger partial charge in [-0.3, -0.25) is 4.98 Å². The van der Waals surface area contributed by atoms with Gasteiger partial charge in [-0.1, -0.05) is 32.0 Å². The normalized spacial score (nSPS) is 13.4. The van der Waals surface area contributed by atoms with Crippen LogP contribution in [0.15, 0.2) is 30.5 Å². The van der Waals surface area contributed by atoms with Crippen molar-refractivity contribution in [3.8, 4) is 0 Å². The van der Waals surface area contributed by atoms with E-state index in [0.717, 1.165) is 34.3 Å². The van der Waals surface area contributed by atoms with Gasteiger partial charge >= 0.3 is 0 Å². The van der Waals surface area contributed by atoms with Crippen LogP contribution < -0.4 is 0 Å². The molecule has 0 saturated heterocycles. The van der Waals surface area contributed by atoms with Crippen molar-refractivity contribution in [1.29, 1.82) is 0 Å². The molecule has 1 unspecified atom stereocenters. The van der Waals surface area contributed by atoms with Gasteiger partial charge in [0.05, 0.1) is 17.2 Å². The summed E-state index contributed by atoms with van der Waals surface area (Å²) in [4.78, 5) is 9.27. The zero-order valence-electron chi connectivity index (χ0n) is 13.0. The second-order valence-corrected chi connectivity index (χ2v) is 5.86. The summed E-state index contributed by atoms with van der Waals surface area (Å²) >= 11 is 0. The van der Waals surface area contributed by atoms with Crippen LogP contribution >= 0.6 is 0 Å². The van der Waals surface area contributed by atoms with Crippen molar-refractivity contribution in [3.63, 3.8) is 0 Å². The molecule has 4 nitrogen and oxygen atoms in total. The molecule has 0 radical (unpaired) electrons. The van der Waals surface area contributed by atoms with Crippen molar-refractivity contribution in [2.45, 2.75) is 33.4 Å². The molecule has 4 heteroatoms. The summed E-state index contributed by atoms with van der Waals surface area (Å²) in [6.07, 6.45) is 1.83. The number of benzene rings is 1. The van der Waals surface area contributed by atoms with Crippen molar-refractivity contribution < 1.29 is 4.74 Å². The molecule has 2 aromatic heterocycles. The van der Waals surface area contributed by atoms with Crippen molar-refractivity contribution in [2.75, 3.05) is 7.11 Å². The molecule has 3 rings (SSSR count). The van der Waals surface area contributed by atoms with Crippen molar-refractivity contribution >= 4 is 21.9 Å². The number of imidazole rings is 1. The Morgan fingerprint density at radius 2 is 1.90 bits per heavy atom. The summed E-state index contributed by atoms with van der Waals surface area (Å²) in [5.41, 5.74) is 3.10. The maximum atomic E-state index is 5.50. The van der Waals surface area contributed by atoms with Gasteiger partial charge in [0, 0.05) is 19.0 Å². The molecule has 0 bridgehead atoms. The van der Waals surface area contributed by atoms with Gasteiger partial charge in [-0.05, 0) is 18.9 Å². The van der Waals surface area contributed by atoms with E-state index in [0.29, 0.717) is 5.92 Å². The molecule has 0 saturated carbocycles. The van der Waals surface area contributed by atoms with Gasteiger partial charge < -0.3 is 9.30 Å². The van der Waals surface area contributed by atoms with Crippen molar-refractivity contribution in [2.24, 2.45) is 5.92 Å². The van der Waals surface area contributed by atoms with Gasteiger partial charge in [-0.15, -0.1) is 0 Å². The lowest BCUT2D eigenvalue weighted by atomic mass is 10.1. The Labute approximate surface area is 124 Å². The summed E-state index contributed by atoms with van der Waals surface area (Å²) < 4.78 is 7.79. The summed E-state index contributed by atoms with van der Waals surface area (Å²) in [5.74, 6) is 1.51. The largest absolute Gasteiger partial charge is 0.374 e. The number of ether oxygens (including phenoxy) is 1. The van der Waals surface area contributed by atoms with Crippen molar-refractivity contribution in [3.05, 3.63) is 36.3 Å². The maximum absolute atomic E-state index is 5.50. The zero-order chi connectivity index (χ0) is 15.0. The first-order valence-corrected chi connectivity index (χ1v) is 7.38. The quantitative estimate of drug-likeness (QED) is 0.728. The Hall–Kier alpha value is -1.94. The van der Waals surface area contributed by atoms with Gasteiger partial charge in [-0.2, -0.15) is 0 Å². The molecule has 0 aliphatic carbocycles. The van der Waals surface area contributed by atoms with E-state index in [-0.39, 0.29) is 6.10 Å². The summed E-state index contributed by atoms with van der Waals surface area (Å²) in [6.45, 7) is 7.40. The third-order valence-corrected chi connectivity index (χ3v) is 3.77. The monoisotopic (exact) mass is 283 g/mol. The average Bonchev–Trinajstić information content (AvgIpc) is 2.85. The average molecular weight is 283 g/mol. The molecule has 0 N–H and O–H groups in total. The molecule has 0 amide bonds. The predicted octanol–water partition coefficient (Wildman–Crippen LogP) is 3.95. The fraction of sp³-hybridized carbons (Fsp3) is 0.412. The van der Waals surface area contributed by atoms with E-state index in [1.807, 2.05) is 25.3 Å². The lowest BCUT2D eigenvalue weighted by Gasteiger charge is -2.15. The first kappa shape index (κ1) is 14.0. The van der Waals surface area contributed by atoms with Crippen LogP contribution in [-0.4, -0.2) is 21.6 Å². The molecule has 21 heavy (non-hydrogen) atoms. The summed E-state index contributed by atoms with van der Waals surface area (Å²) in [6, 6.07) is 8.23. The molecule has 0 aliphatic rings. The number of hydrogen-bond acceptors (Lipinski definition) is 3. The van der Waals surface area contributed by atoms with E-state index >= 15 is 0 Å². The maximum Gasteiger partial charge on any atom is 0.138 e. The van der Waals surface area contributed by atoms with E-state index in [1.165, 1.54) is 0 Å². The molecular formula is C17H21N3O. The van der Waals surface area contributed by atoms with E-state index < -0.39 is 0 Å². The number of nitrogens with zero attached hydrogens (tertiary/aromatic N) is 3. The van der Waals surface area contributed by atoms with E-state index in [9.17, 15) is 0 Å². The fourth-order valence-corrected chi connectivity index (χ4v) is 2.75. The van der Waals surface area contributed by atoms with Crippen LogP contribution in [0, 0.1) is 5.92 Å². The van der Waals surface area contributed by atoms with Gasteiger partial charge in [0.2, 0.25) is 0 Å². The van der Waals surface area contributed by atoms with Gasteiger partial charge in [0.25, 0.3) is 0 Å². The van der Waals surface area contributed by atoms with Crippen molar-refractivity contribution in [1.82, 2.24) is 14.5 Å². The second kappa shape index (κ2) is 5.45. The smallest absolute Gasteiger partial charge is 0.138 e. The molecular weight excluding hydrogens is 262 g/mol. The number of para-hydroxylation sites is 1. The molecule has 3 aromatic rings. The molecule has 0 spiro atoms. The number of rotatable bonds is 4. The van der Waals surface area contributed by atoms with E-state index in [4.69, 9.17) is 9.72 Å². The Bertz CT molecular complexity index is 776.